The van der Waals surface area contributed by atoms with Crippen LogP contribution in [0.1, 0.15) is 10.4 Å². The fraction of sp³-hybridized carbons (Fsp3) is 0.231. The third-order valence-electron chi connectivity index (χ3n) is 2.68. The molecule has 3 nitrogen and oxygen atoms in total. The molecule has 0 radical (unpaired) electrons. The lowest BCUT2D eigenvalue weighted by Gasteiger charge is -2.06. The molecule has 2 aromatic rings. The predicted molar refractivity (Wildman–Crippen MR) is 87.3 cm³/mol. The van der Waals surface area contributed by atoms with E-state index in [-0.39, 0.29) is 4.90 Å². The number of rotatable bonds is 6. The highest BCUT2D eigenvalue weighted by Crippen LogP contribution is 2.21. The molecule has 0 bridgehead atoms. The maximum Gasteiger partial charge on any atom is 0.240 e. The van der Waals surface area contributed by atoms with Crippen molar-refractivity contribution in [3.63, 3.8) is 0 Å². The number of alkyl halides is 1. The Hall–Kier alpha value is -0.400. The highest BCUT2D eigenvalue weighted by Gasteiger charge is 2.13. The molecule has 0 fully saturated rings. The number of benzene rings is 1. The second-order valence-electron chi connectivity index (χ2n) is 4.13. The van der Waals surface area contributed by atoms with Crippen LogP contribution in [0.2, 0.25) is 4.34 Å². The first-order chi connectivity index (χ1) is 9.51. The lowest BCUT2D eigenvalue weighted by atomic mass is 10.2. The molecule has 108 valence electrons. The van der Waals surface area contributed by atoms with Gasteiger partial charge in [0.25, 0.3) is 0 Å². The van der Waals surface area contributed by atoms with Gasteiger partial charge >= 0.3 is 0 Å². The van der Waals surface area contributed by atoms with Crippen molar-refractivity contribution in [3.8, 4) is 0 Å². The van der Waals surface area contributed by atoms with Crippen molar-refractivity contribution in [2.75, 3.05) is 6.54 Å². The van der Waals surface area contributed by atoms with E-state index in [2.05, 4.69) is 20.7 Å². The molecule has 1 heterocycles. The number of hydrogen-bond donors (Lipinski definition) is 1. The van der Waals surface area contributed by atoms with Crippen LogP contribution in [0, 0.1) is 0 Å². The monoisotopic (exact) mass is 393 g/mol. The van der Waals surface area contributed by atoms with E-state index in [4.69, 9.17) is 11.6 Å². The summed E-state index contributed by atoms with van der Waals surface area (Å²) in [4.78, 5) is 1.35. The lowest BCUT2D eigenvalue weighted by Crippen LogP contribution is -2.25. The SMILES string of the molecule is O=S(=O)(NCCc1ccc(Cl)s1)c1ccc(CBr)cc1. The fourth-order valence-electron chi connectivity index (χ4n) is 1.64. The van der Waals surface area contributed by atoms with Gasteiger partial charge in [-0.15, -0.1) is 11.3 Å². The second-order valence-corrected chi connectivity index (χ2v) is 8.26. The summed E-state index contributed by atoms with van der Waals surface area (Å²) in [5.74, 6) is 0. The lowest BCUT2D eigenvalue weighted by molar-refractivity contribution is 0.582. The van der Waals surface area contributed by atoms with E-state index in [0.717, 1.165) is 10.4 Å². The first-order valence-corrected chi connectivity index (χ1v) is 9.70. The van der Waals surface area contributed by atoms with Gasteiger partial charge in [0.15, 0.2) is 0 Å². The van der Waals surface area contributed by atoms with Gasteiger partial charge in [0.1, 0.15) is 0 Å². The van der Waals surface area contributed by atoms with Crippen LogP contribution in [0.15, 0.2) is 41.3 Å². The van der Waals surface area contributed by atoms with Crippen molar-refractivity contribution in [2.24, 2.45) is 0 Å². The molecule has 0 saturated heterocycles. The second kappa shape index (κ2) is 7.04. The predicted octanol–water partition coefficient (Wildman–Crippen LogP) is 3.82. The van der Waals surface area contributed by atoms with Gasteiger partial charge in [-0.2, -0.15) is 0 Å². The molecule has 2 rings (SSSR count). The average Bonchev–Trinajstić information content (AvgIpc) is 2.84. The molecule has 0 unspecified atom stereocenters. The van der Waals surface area contributed by atoms with Crippen LogP contribution in [-0.2, 0) is 21.8 Å². The Morgan fingerprint density at radius 2 is 1.85 bits per heavy atom. The number of nitrogens with one attached hydrogen (secondary N) is 1. The van der Waals surface area contributed by atoms with Crippen LogP contribution in [0.4, 0.5) is 0 Å². The zero-order valence-corrected chi connectivity index (χ0v) is 14.4. The third kappa shape index (κ3) is 4.30. The van der Waals surface area contributed by atoms with Gasteiger partial charge in [-0.05, 0) is 36.2 Å². The summed E-state index contributed by atoms with van der Waals surface area (Å²) in [7, 11) is -3.44. The Morgan fingerprint density at radius 3 is 2.40 bits per heavy atom. The maximum absolute atomic E-state index is 12.1. The Labute approximate surface area is 136 Å². The summed E-state index contributed by atoms with van der Waals surface area (Å²) >= 11 is 10.6. The third-order valence-corrected chi connectivity index (χ3v) is 6.10. The molecular formula is C13H13BrClNO2S2. The van der Waals surface area contributed by atoms with Gasteiger partial charge in [0.05, 0.1) is 9.23 Å². The highest BCUT2D eigenvalue weighted by atomic mass is 79.9. The highest BCUT2D eigenvalue weighted by molar-refractivity contribution is 9.08. The van der Waals surface area contributed by atoms with Crippen LogP contribution in [0.5, 0.6) is 0 Å². The number of hydrogen-bond acceptors (Lipinski definition) is 3. The van der Waals surface area contributed by atoms with Crippen LogP contribution in [0.3, 0.4) is 0 Å². The maximum atomic E-state index is 12.1. The van der Waals surface area contributed by atoms with E-state index in [1.807, 2.05) is 12.1 Å². The zero-order valence-electron chi connectivity index (χ0n) is 10.5. The summed E-state index contributed by atoms with van der Waals surface area (Å²) < 4.78 is 27.5. The summed E-state index contributed by atoms with van der Waals surface area (Å²) in [6.07, 6.45) is 0.635. The van der Waals surface area contributed by atoms with Gasteiger partial charge in [-0.1, -0.05) is 39.7 Å². The summed E-state index contributed by atoms with van der Waals surface area (Å²) in [5.41, 5.74) is 1.04. The average molecular weight is 395 g/mol. The van der Waals surface area contributed by atoms with Gasteiger partial charge in [-0.25, -0.2) is 13.1 Å². The molecule has 1 aromatic carbocycles. The van der Waals surface area contributed by atoms with Crippen molar-refractivity contribution < 1.29 is 8.42 Å². The van der Waals surface area contributed by atoms with Crippen molar-refractivity contribution >= 4 is 48.9 Å². The number of halogens is 2. The van der Waals surface area contributed by atoms with Crippen LogP contribution < -0.4 is 4.72 Å². The molecule has 0 atom stereocenters. The Balaban J connectivity index is 1.96. The van der Waals surface area contributed by atoms with Crippen molar-refractivity contribution in [3.05, 3.63) is 51.2 Å². The summed E-state index contributed by atoms with van der Waals surface area (Å²) in [5, 5.41) is 0.708. The van der Waals surface area contributed by atoms with E-state index in [9.17, 15) is 8.42 Å². The van der Waals surface area contributed by atoms with Gasteiger partial charge in [0.2, 0.25) is 10.0 Å². The smallest absolute Gasteiger partial charge is 0.211 e. The van der Waals surface area contributed by atoms with E-state index >= 15 is 0 Å². The van der Waals surface area contributed by atoms with Crippen LogP contribution in [0.25, 0.3) is 0 Å². The van der Waals surface area contributed by atoms with Gasteiger partial charge in [-0.3, -0.25) is 0 Å². The first kappa shape index (κ1) is 16.0. The molecule has 0 spiro atoms. The minimum atomic E-state index is -3.44. The molecule has 0 aliphatic rings. The quantitative estimate of drug-likeness (QED) is 0.757. The van der Waals surface area contributed by atoms with Crippen molar-refractivity contribution in [2.45, 2.75) is 16.6 Å². The minimum Gasteiger partial charge on any atom is -0.211 e. The molecule has 0 aliphatic carbocycles. The van der Waals surface area contributed by atoms with Gasteiger partial charge in [0, 0.05) is 16.8 Å². The number of thiophene rings is 1. The molecule has 0 amide bonds. The zero-order chi connectivity index (χ0) is 14.6. The molecule has 0 saturated carbocycles. The van der Waals surface area contributed by atoms with E-state index < -0.39 is 10.0 Å². The topological polar surface area (TPSA) is 46.2 Å². The molecule has 20 heavy (non-hydrogen) atoms. The largest absolute Gasteiger partial charge is 0.240 e. The van der Waals surface area contributed by atoms with E-state index in [0.29, 0.717) is 22.6 Å². The molecule has 1 N–H and O–H groups in total. The normalized spacial score (nSPS) is 11.7. The Bertz CT molecular complexity index is 668. The van der Waals surface area contributed by atoms with Crippen molar-refractivity contribution in [1.29, 1.82) is 0 Å². The van der Waals surface area contributed by atoms with Crippen LogP contribution in [-0.4, -0.2) is 15.0 Å². The van der Waals surface area contributed by atoms with E-state index in [1.165, 1.54) is 11.3 Å². The Morgan fingerprint density at radius 1 is 1.15 bits per heavy atom. The van der Waals surface area contributed by atoms with E-state index in [1.54, 1.807) is 24.3 Å². The Kier molecular flexibility index (Phi) is 5.63. The van der Waals surface area contributed by atoms with Gasteiger partial charge < -0.3 is 0 Å². The van der Waals surface area contributed by atoms with Crippen molar-refractivity contribution in [1.82, 2.24) is 4.72 Å². The molecule has 7 heteroatoms. The molecule has 0 aliphatic heterocycles. The molecular weight excluding hydrogens is 382 g/mol. The fourth-order valence-corrected chi connectivity index (χ4v) is 4.13. The first-order valence-electron chi connectivity index (χ1n) is 5.90. The van der Waals surface area contributed by atoms with Crippen LogP contribution >= 0.6 is 38.9 Å². The minimum absolute atomic E-state index is 0.284. The standard InChI is InChI=1S/C13H13BrClNO2S2/c14-9-10-1-4-12(5-2-10)20(17,18)16-8-7-11-3-6-13(15)19-11/h1-6,16H,7-9H2. The summed E-state index contributed by atoms with van der Waals surface area (Å²) in [6, 6.07) is 10.5. The molecule has 1 aromatic heterocycles. The number of sulfonamides is 1. The summed E-state index contributed by atoms with van der Waals surface area (Å²) in [6.45, 7) is 0.360.